The van der Waals surface area contributed by atoms with E-state index in [0.29, 0.717) is 12.2 Å². The molecule has 0 atom stereocenters. The second-order valence-corrected chi connectivity index (χ2v) is 5.85. The number of carbonyl (C=O) groups is 1. The molecule has 1 aromatic carbocycles. The lowest BCUT2D eigenvalue weighted by Gasteiger charge is -2.22. The van der Waals surface area contributed by atoms with Gasteiger partial charge in [-0.1, -0.05) is 33.8 Å². The fourth-order valence-corrected chi connectivity index (χ4v) is 2.57. The topological polar surface area (TPSA) is 29.5 Å². The third-order valence-corrected chi connectivity index (χ3v) is 4.12. The maximum absolute atomic E-state index is 12.0. The van der Waals surface area contributed by atoms with Crippen molar-refractivity contribution in [3.63, 3.8) is 0 Å². The SMILES string of the molecule is C=C1N(C)c2ccc(C(=O)OCCCC)cc2C1(C)C. The van der Waals surface area contributed by atoms with Crippen molar-refractivity contribution < 1.29 is 9.53 Å². The van der Waals surface area contributed by atoms with Gasteiger partial charge in [0, 0.05) is 23.8 Å². The number of unbranched alkanes of at least 4 members (excludes halogenated alkanes) is 1. The number of carbonyl (C=O) groups excluding carboxylic acids is 1. The molecule has 1 aromatic rings. The van der Waals surface area contributed by atoms with Gasteiger partial charge in [0.15, 0.2) is 0 Å². The van der Waals surface area contributed by atoms with Crippen LogP contribution in [0.25, 0.3) is 0 Å². The van der Waals surface area contributed by atoms with Crippen LogP contribution in [0.5, 0.6) is 0 Å². The molecule has 0 saturated heterocycles. The van der Waals surface area contributed by atoms with Gasteiger partial charge in [-0.2, -0.15) is 0 Å². The van der Waals surface area contributed by atoms with E-state index in [4.69, 9.17) is 4.74 Å². The summed E-state index contributed by atoms with van der Waals surface area (Å²) in [6.07, 6.45) is 1.93. The molecule has 0 N–H and O–H groups in total. The number of ether oxygens (including phenoxy) is 1. The van der Waals surface area contributed by atoms with Crippen molar-refractivity contribution in [2.45, 2.75) is 39.0 Å². The normalized spacial score (nSPS) is 16.2. The Morgan fingerprint density at radius 1 is 1.40 bits per heavy atom. The third kappa shape index (κ3) is 2.33. The van der Waals surface area contributed by atoms with Crippen LogP contribution in [0.2, 0.25) is 0 Å². The van der Waals surface area contributed by atoms with Crippen molar-refractivity contribution in [1.29, 1.82) is 0 Å². The number of benzene rings is 1. The Kier molecular flexibility index (Phi) is 3.89. The van der Waals surface area contributed by atoms with Crippen molar-refractivity contribution in [2.75, 3.05) is 18.6 Å². The average Bonchev–Trinajstić information content (AvgIpc) is 2.60. The van der Waals surface area contributed by atoms with Crippen LogP contribution in [0.15, 0.2) is 30.5 Å². The van der Waals surface area contributed by atoms with Crippen LogP contribution in [0, 0.1) is 0 Å². The maximum Gasteiger partial charge on any atom is 0.338 e. The van der Waals surface area contributed by atoms with Crippen LogP contribution in [0.1, 0.15) is 49.5 Å². The number of nitrogens with zero attached hydrogens (tertiary/aromatic N) is 1. The molecular weight excluding hydrogens is 250 g/mol. The highest BCUT2D eigenvalue weighted by atomic mass is 16.5. The van der Waals surface area contributed by atoms with Crippen LogP contribution in [0.4, 0.5) is 5.69 Å². The third-order valence-electron chi connectivity index (χ3n) is 4.12. The minimum atomic E-state index is -0.239. The predicted molar refractivity (Wildman–Crippen MR) is 82.2 cm³/mol. The second kappa shape index (κ2) is 5.31. The van der Waals surface area contributed by atoms with Crippen LogP contribution in [-0.4, -0.2) is 19.6 Å². The number of hydrogen-bond acceptors (Lipinski definition) is 3. The Balaban J connectivity index is 2.27. The van der Waals surface area contributed by atoms with E-state index in [0.717, 1.165) is 29.8 Å². The minimum Gasteiger partial charge on any atom is -0.462 e. The number of anilines is 1. The molecule has 1 aliphatic heterocycles. The van der Waals surface area contributed by atoms with Gasteiger partial charge in [0.25, 0.3) is 0 Å². The lowest BCUT2D eigenvalue weighted by atomic mass is 9.84. The van der Waals surface area contributed by atoms with Gasteiger partial charge in [-0.3, -0.25) is 0 Å². The quantitative estimate of drug-likeness (QED) is 0.616. The number of esters is 1. The van der Waals surface area contributed by atoms with E-state index < -0.39 is 0 Å². The molecule has 2 rings (SSSR count). The number of likely N-dealkylation sites (N-methyl/N-ethyl adjacent to an activating group) is 1. The average molecular weight is 273 g/mol. The van der Waals surface area contributed by atoms with Crippen LogP contribution in [0.3, 0.4) is 0 Å². The largest absolute Gasteiger partial charge is 0.462 e. The Morgan fingerprint density at radius 2 is 2.10 bits per heavy atom. The Morgan fingerprint density at radius 3 is 2.75 bits per heavy atom. The monoisotopic (exact) mass is 273 g/mol. The molecule has 0 bridgehead atoms. The van der Waals surface area contributed by atoms with E-state index >= 15 is 0 Å². The first-order valence-electron chi connectivity index (χ1n) is 7.14. The molecular formula is C17H23NO2. The second-order valence-electron chi connectivity index (χ2n) is 5.85. The van der Waals surface area contributed by atoms with Gasteiger partial charge < -0.3 is 9.64 Å². The van der Waals surface area contributed by atoms with Crippen molar-refractivity contribution >= 4 is 11.7 Å². The zero-order valence-corrected chi connectivity index (χ0v) is 12.8. The van der Waals surface area contributed by atoms with Crippen LogP contribution >= 0.6 is 0 Å². The lowest BCUT2D eigenvalue weighted by molar-refractivity contribution is 0.0499. The molecule has 0 saturated carbocycles. The van der Waals surface area contributed by atoms with E-state index in [1.165, 1.54) is 0 Å². The van der Waals surface area contributed by atoms with Gasteiger partial charge in [0.05, 0.1) is 12.2 Å². The highest BCUT2D eigenvalue weighted by molar-refractivity contribution is 5.91. The molecule has 0 aromatic heterocycles. The Hall–Kier alpha value is -1.77. The van der Waals surface area contributed by atoms with Gasteiger partial charge in [0.2, 0.25) is 0 Å². The molecule has 20 heavy (non-hydrogen) atoms. The molecule has 0 unspecified atom stereocenters. The van der Waals surface area contributed by atoms with E-state index in [1.807, 2.05) is 25.2 Å². The standard InChI is InChI=1S/C17H23NO2/c1-6-7-10-20-16(19)13-8-9-15-14(11-13)17(3,4)12(2)18(15)5/h8-9,11H,2,6-7,10H2,1,3-5H3. The highest BCUT2D eigenvalue weighted by Crippen LogP contribution is 2.46. The first kappa shape index (κ1) is 14.6. The molecule has 0 amide bonds. The van der Waals surface area contributed by atoms with Crippen LogP contribution < -0.4 is 4.90 Å². The summed E-state index contributed by atoms with van der Waals surface area (Å²) in [5.41, 5.74) is 3.77. The summed E-state index contributed by atoms with van der Waals surface area (Å²) in [7, 11) is 2.01. The van der Waals surface area contributed by atoms with Crippen molar-refractivity contribution in [1.82, 2.24) is 0 Å². The van der Waals surface area contributed by atoms with Crippen molar-refractivity contribution in [2.24, 2.45) is 0 Å². The van der Waals surface area contributed by atoms with E-state index in [2.05, 4.69) is 32.3 Å². The maximum atomic E-state index is 12.0. The van der Waals surface area contributed by atoms with Gasteiger partial charge >= 0.3 is 5.97 Å². The summed E-state index contributed by atoms with van der Waals surface area (Å²) in [5, 5.41) is 0. The molecule has 0 fully saturated rings. The molecule has 3 heteroatoms. The summed E-state index contributed by atoms with van der Waals surface area (Å²) in [6.45, 7) is 11.0. The number of fused-ring (bicyclic) bond motifs is 1. The van der Waals surface area contributed by atoms with E-state index in [9.17, 15) is 4.79 Å². The zero-order chi connectivity index (χ0) is 14.9. The molecule has 0 aliphatic carbocycles. The predicted octanol–water partition coefficient (Wildman–Crippen LogP) is 3.88. The molecule has 1 heterocycles. The molecule has 3 nitrogen and oxygen atoms in total. The number of hydrogen-bond donors (Lipinski definition) is 0. The summed E-state index contributed by atoms with van der Waals surface area (Å²) in [4.78, 5) is 14.1. The molecule has 0 radical (unpaired) electrons. The highest BCUT2D eigenvalue weighted by Gasteiger charge is 2.37. The lowest BCUT2D eigenvalue weighted by Crippen LogP contribution is -2.21. The van der Waals surface area contributed by atoms with Gasteiger partial charge in [-0.05, 0) is 30.2 Å². The molecule has 108 valence electrons. The van der Waals surface area contributed by atoms with Gasteiger partial charge in [-0.25, -0.2) is 4.79 Å². The smallest absolute Gasteiger partial charge is 0.338 e. The summed E-state index contributed by atoms with van der Waals surface area (Å²) < 4.78 is 5.28. The summed E-state index contributed by atoms with van der Waals surface area (Å²) >= 11 is 0. The van der Waals surface area contributed by atoms with Crippen molar-refractivity contribution in [3.05, 3.63) is 41.6 Å². The number of allylic oxidation sites excluding steroid dienone is 1. The van der Waals surface area contributed by atoms with Gasteiger partial charge in [0.1, 0.15) is 0 Å². The number of rotatable bonds is 4. The van der Waals surface area contributed by atoms with E-state index in [-0.39, 0.29) is 11.4 Å². The summed E-state index contributed by atoms with van der Waals surface area (Å²) in [5.74, 6) is -0.239. The Labute approximate surface area is 121 Å². The minimum absolute atomic E-state index is 0.149. The van der Waals surface area contributed by atoms with E-state index in [1.54, 1.807) is 0 Å². The first-order chi connectivity index (χ1) is 9.39. The Bertz CT molecular complexity index is 546. The fourth-order valence-electron chi connectivity index (χ4n) is 2.57. The summed E-state index contributed by atoms with van der Waals surface area (Å²) in [6, 6.07) is 5.75. The molecule has 1 aliphatic rings. The fraction of sp³-hybridized carbons (Fsp3) is 0.471. The van der Waals surface area contributed by atoms with Gasteiger partial charge in [-0.15, -0.1) is 0 Å². The zero-order valence-electron chi connectivity index (χ0n) is 12.8. The first-order valence-corrected chi connectivity index (χ1v) is 7.14. The molecule has 0 spiro atoms. The van der Waals surface area contributed by atoms with Crippen LogP contribution in [-0.2, 0) is 10.2 Å². The van der Waals surface area contributed by atoms with Crippen molar-refractivity contribution in [3.8, 4) is 0 Å².